The predicted molar refractivity (Wildman–Crippen MR) is 110 cm³/mol. The van der Waals surface area contributed by atoms with Crippen LogP contribution in [-0.2, 0) is 11.2 Å². The maximum Gasteiger partial charge on any atom is 0.193 e. The van der Waals surface area contributed by atoms with Crippen molar-refractivity contribution in [2.24, 2.45) is 10.4 Å². The van der Waals surface area contributed by atoms with Gasteiger partial charge in [0.25, 0.3) is 0 Å². The van der Waals surface area contributed by atoms with Crippen molar-refractivity contribution in [1.29, 1.82) is 0 Å². The lowest BCUT2D eigenvalue weighted by molar-refractivity contribution is 0.174. The number of ether oxygens (including phenoxy) is 1. The monoisotopic (exact) mass is 451 g/mol. The maximum atomic E-state index is 5.23. The van der Waals surface area contributed by atoms with Gasteiger partial charge >= 0.3 is 0 Å². The van der Waals surface area contributed by atoms with Gasteiger partial charge in [0, 0.05) is 45.3 Å². The summed E-state index contributed by atoms with van der Waals surface area (Å²) in [6.07, 6.45) is 4.79. The Hall–Kier alpha value is -0.340. The Morgan fingerprint density at radius 1 is 1.48 bits per heavy atom. The number of nitrogens with zero attached hydrogens (tertiary/aromatic N) is 2. The molecule has 1 aliphatic carbocycles. The molecule has 0 spiro atoms. The molecule has 1 saturated carbocycles. The van der Waals surface area contributed by atoms with E-state index in [0.717, 1.165) is 45.0 Å². The zero-order valence-electron chi connectivity index (χ0n) is 14.5. The summed E-state index contributed by atoms with van der Waals surface area (Å²) in [7, 11) is 3.91. The quantitative estimate of drug-likeness (QED) is 0.354. The number of nitrogens with one attached hydrogen (secondary N) is 1. The molecule has 0 radical (unpaired) electrons. The zero-order valence-corrected chi connectivity index (χ0v) is 17.7. The van der Waals surface area contributed by atoms with Gasteiger partial charge in [-0.1, -0.05) is 6.07 Å². The number of likely N-dealkylation sites (N-methyl/N-ethyl adjacent to an activating group) is 1. The highest BCUT2D eigenvalue weighted by Crippen LogP contribution is 2.48. The van der Waals surface area contributed by atoms with Gasteiger partial charge < -0.3 is 15.0 Å². The molecule has 0 atom stereocenters. The van der Waals surface area contributed by atoms with Crippen molar-refractivity contribution in [2.45, 2.75) is 32.6 Å². The minimum Gasteiger partial charge on any atom is -0.385 e. The van der Waals surface area contributed by atoms with Crippen LogP contribution in [-0.4, -0.2) is 51.3 Å². The van der Waals surface area contributed by atoms with Gasteiger partial charge in [-0.15, -0.1) is 35.3 Å². The maximum absolute atomic E-state index is 5.23. The Morgan fingerprint density at radius 3 is 2.83 bits per heavy atom. The third-order valence-corrected chi connectivity index (χ3v) is 5.26. The number of hydrogen-bond acceptors (Lipinski definition) is 3. The summed E-state index contributed by atoms with van der Waals surface area (Å²) in [5.74, 6) is 1.03. The van der Waals surface area contributed by atoms with Crippen LogP contribution < -0.4 is 5.32 Å². The van der Waals surface area contributed by atoms with Crippen LogP contribution in [0.4, 0.5) is 0 Å². The van der Waals surface area contributed by atoms with E-state index in [1.165, 1.54) is 17.7 Å². The Kier molecular flexibility index (Phi) is 9.46. The number of rotatable bonds is 9. The molecule has 0 amide bonds. The minimum absolute atomic E-state index is 0. The van der Waals surface area contributed by atoms with Gasteiger partial charge in [-0.3, -0.25) is 4.99 Å². The smallest absolute Gasteiger partial charge is 0.193 e. The molecule has 2 rings (SSSR count). The Bertz CT molecular complexity index is 460. The van der Waals surface area contributed by atoms with Gasteiger partial charge in [-0.05, 0) is 49.5 Å². The highest BCUT2D eigenvalue weighted by molar-refractivity contribution is 14.0. The molecule has 1 N–H and O–H groups in total. The first kappa shape index (κ1) is 20.7. The number of halogens is 1. The zero-order chi connectivity index (χ0) is 15.8. The number of methoxy groups -OCH3 is 1. The highest BCUT2D eigenvalue weighted by Gasteiger charge is 2.41. The van der Waals surface area contributed by atoms with Crippen LogP contribution in [0.1, 0.15) is 31.1 Å². The van der Waals surface area contributed by atoms with Gasteiger partial charge in [0.15, 0.2) is 5.96 Å². The van der Waals surface area contributed by atoms with Crippen molar-refractivity contribution in [3.63, 3.8) is 0 Å². The summed E-state index contributed by atoms with van der Waals surface area (Å²) in [4.78, 5) is 8.56. The largest absolute Gasteiger partial charge is 0.385 e. The second kappa shape index (κ2) is 10.5. The Balaban J connectivity index is 0.00000264. The fourth-order valence-electron chi connectivity index (χ4n) is 2.53. The molecule has 1 aromatic heterocycles. The molecule has 23 heavy (non-hydrogen) atoms. The summed E-state index contributed by atoms with van der Waals surface area (Å²) >= 11 is 1.83. The third kappa shape index (κ3) is 6.97. The molecule has 6 heteroatoms. The molecule has 0 aromatic carbocycles. The average Bonchev–Trinajstić information content (AvgIpc) is 3.10. The number of thiophene rings is 1. The lowest BCUT2D eigenvalue weighted by Crippen LogP contribution is -2.40. The van der Waals surface area contributed by atoms with E-state index >= 15 is 0 Å². The van der Waals surface area contributed by atoms with E-state index in [9.17, 15) is 0 Å². The first-order valence-electron chi connectivity index (χ1n) is 8.20. The van der Waals surface area contributed by atoms with Crippen molar-refractivity contribution in [3.8, 4) is 0 Å². The van der Waals surface area contributed by atoms with E-state index in [1.54, 1.807) is 7.11 Å². The van der Waals surface area contributed by atoms with Crippen LogP contribution in [0.25, 0.3) is 0 Å². The number of hydrogen-bond donors (Lipinski definition) is 1. The molecular formula is C17H30IN3OS. The van der Waals surface area contributed by atoms with Gasteiger partial charge in [-0.2, -0.15) is 0 Å². The van der Waals surface area contributed by atoms with Gasteiger partial charge in [-0.25, -0.2) is 0 Å². The van der Waals surface area contributed by atoms with Gasteiger partial charge in [0.2, 0.25) is 0 Å². The minimum atomic E-state index is 0. The standard InChI is InChI=1S/C17H29N3OS.HI/c1-4-18-16(19-14-17(8-9-17)10-12-21-3)20(2)11-7-15-6-5-13-22-15;/h5-6,13H,4,7-12,14H2,1-3H3,(H,18,19);1H. The van der Waals surface area contributed by atoms with Gasteiger partial charge in [0.1, 0.15) is 0 Å². The van der Waals surface area contributed by atoms with Crippen LogP contribution in [0.15, 0.2) is 22.5 Å². The molecule has 1 aliphatic rings. The molecule has 1 fully saturated rings. The highest BCUT2D eigenvalue weighted by atomic mass is 127. The van der Waals surface area contributed by atoms with Crippen LogP contribution >= 0.6 is 35.3 Å². The molecule has 1 heterocycles. The van der Waals surface area contributed by atoms with Gasteiger partial charge in [0.05, 0.1) is 0 Å². The molecule has 0 aliphatic heterocycles. The molecule has 0 saturated heterocycles. The topological polar surface area (TPSA) is 36.9 Å². The second-order valence-corrected chi connectivity index (χ2v) is 7.20. The Labute approximate surface area is 161 Å². The van der Waals surface area contributed by atoms with Crippen LogP contribution in [0.5, 0.6) is 0 Å². The fraction of sp³-hybridized carbons (Fsp3) is 0.706. The van der Waals surface area contributed by atoms with E-state index < -0.39 is 0 Å². The summed E-state index contributed by atoms with van der Waals surface area (Å²) < 4.78 is 5.23. The third-order valence-electron chi connectivity index (χ3n) is 4.33. The molecular weight excluding hydrogens is 421 g/mol. The SMILES string of the molecule is CCNC(=NCC1(CCOC)CC1)N(C)CCc1cccs1.I. The van der Waals surface area contributed by atoms with E-state index in [-0.39, 0.29) is 24.0 Å². The summed E-state index contributed by atoms with van der Waals surface area (Å²) in [6, 6.07) is 4.32. The van der Waals surface area contributed by atoms with E-state index in [1.807, 2.05) is 11.3 Å². The summed E-state index contributed by atoms with van der Waals surface area (Å²) in [5.41, 5.74) is 0.408. The van der Waals surface area contributed by atoms with Crippen molar-refractivity contribution in [1.82, 2.24) is 10.2 Å². The van der Waals surface area contributed by atoms with Crippen LogP contribution in [0.3, 0.4) is 0 Å². The predicted octanol–water partition coefficient (Wildman–Crippen LogP) is 3.62. The van der Waals surface area contributed by atoms with Crippen molar-refractivity contribution in [2.75, 3.05) is 40.4 Å². The molecule has 1 aromatic rings. The van der Waals surface area contributed by atoms with Crippen LogP contribution in [0.2, 0.25) is 0 Å². The average molecular weight is 451 g/mol. The van der Waals surface area contributed by atoms with E-state index in [4.69, 9.17) is 9.73 Å². The van der Waals surface area contributed by atoms with Crippen molar-refractivity contribution in [3.05, 3.63) is 22.4 Å². The first-order chi connectivity index (χ1) is 10.7. The molecule has 0 unspecified atom stereocenters. The van der Waals surface area contributed by atoms with Crippen LogP contribution in [0, 0.1) is 5.41 Å². The second-order valence-electron chi connectivity index (χ2n) is 6.16. The molecule has 132 valence electrons. The Morgan fingerprint density at radius 2 is 2.26 bits per heavy atom. The summed E-state index contributed by atoms with van der Waals surface area (Å²) in [6.45, 7) is 5.80. The van der Waals surface area contributed by atoms with Crippen molar-refractivity contribution < 1.29 is 4.74 Å². The molecule has 0 bridgehead atoms. The van der Waals surface area contributed by atoms with E-state index in [0.29, 0.717) is 5.41 Å². The number of guanidine groups is 1. The lowest BCUT2D eigenvalue weighted by atomic mass is 10.0. The number of aliphatic imine (C=N–C) groups is 1. The van der Waals surface area contributed by atoms with Crippen molar-refractivity contribution >= 4 is 41.3 Å². The van der Waals surface area contributed by atoms with E-state index in [2.05, 4.69) is 41.7 Å². The lowest BCUT2D eigenvalue weighted by Gasteiger charge is -2.23. The first-order valence-corrected chi connectivity index (χ1v) is 9.08. The molecule has 4 nitrogen and oxygen atoms in total. The normalized spacial score (nSPS) is 15.9. The fourth-order valence-corrected chi connectivity index (χ4v) is 3.23. The summed E-state index contributed by atoms with van der Waals surface area (Å²) in [5, 5.41) is 5.56.